The molecule has 1 fully saturated rings. The zero-order valence-electron chi connectivity index (χ0n) is 16.7. The number of amides is 2. The summed E-state index contributed by atoms with van der Waals surface area (Å²) in [5, 5.41) is 7.86. The smallest absolute Gasteiger partial charge is 0.230 e. The van der Waals surface area contributed by atoms with Gasteiger partial charge in [-0.2, -0.15) is 16.9 Å². The minimum absolute atomic E-state index is 0.0193. The quantitative estimate of drug-likeness (QED) is 0.697. The van der Waals surface area contributed by atoms with Crippen LogP contribution in [-0.4, -0.2) is 28.1 Å². The van der Waals surface area contributed by atoms with Gasteiger partial charge in [-0.05, 0) is 31.2 Å². The lowest BCUT2D eigenvalue weighted by Gasteiger charge is -2.17. The maximum Gasteiger partial charge on any atom is 0.230 e. The third-order valence-corrected chi connectivity index (χ3v) is 6.61. The molecule has 0 saturated carbocycles. The summed E-state index contributed by atoms with van der Waals surface area (Å²) in [4.78, 5) is 27.4. The Morgan fingerprint density at radius 3 is 2.60 bits per heavy atom. The number of para-hydroxylation sites is 1. The first-order valence-corrected chi connectivity index (χ1v) is 11.2. The van der Waals surface area contributed by atoms with Gasteiger partial charge in [-0.25, -0.2) is 4.68 Å². The maximum absolute atomic E-state index is 13.1. The standard InChI is InChI=1S/C23H22N4O2S/c1-15-7-9-18(10-8-15)27-22(19-13-30-14-20(19)25-27)24-23(29)16-11-21(28)26(12-16)17-5-3-2-4-6-17/h2-10,16H,11-14H2,1H3,(H,24,29). The van der Waals surface area contributed by atoms with Crippen LogP contribution in [0.4, 0.5) is 11.5 Å². The van der Waals surface area contributed by atoms with Crippen molar-refractivity contribution in [3.63, 3.8) is 0 Å². The van der Waals surface area contributed by atoms with Crippen LogP contribution in [0.5, 0.6) is 0 Å². The number of thioether (sulfide) groups is 1. The van der Waals surface area contributed by atoms with Crippen LogP contribution in [0.1, 0.15) is 23.2 Å². The van der Waals surface area contributed by atoms with Crippen LogP contribution in [0.3, 0.4) is 0 Å². The number of benzene rings is 2. The number of nitrogens with one attached hydrogen (secondary N) is 1. The molecule has 1 aromatic heterocycles. The van der Waals surface area contributed by atoms with E-state index < -0.39 is 0 Å². The minimum atomic E-state index is -0.385. The monoisotopic (exact) mass is 418 g/mol. The van der Waals surface area contributed by atoms with Crippen LogP contribution in [0, 0.1) is 12.8 Å². The molecule has 6 nitrogen and oxygen atoms in total. The zero-order valence-corrected chi connectivity index (χ0v) is 17.5. The van der Waals surface area contributed by atoms with Gasteiger partial charge in [0, 0.05) is 35.7 Å². The fraction of sp³-hybridized carbons (Fsp3) is 0.261. The average molecular weight is 419 g/mol. The highest BCUT2D eigenvalue weighted by Crippen LogP contribution is 2.36. The molecule has 7 heteroatoms. The maximum atomic E-state index is 13.1. The first kappa shape index (κ1) is 18.9. The molecule has 5 rings (SSSR count). The molecular formula is C23H22N4O2S. The summed E-state index contributed by atoms with van der Waals surface area (Å²) in [6.45, 7) is 2.44. The van der Waals surface area contributed by atoms with E-state index in [0.717, 1.165) is 40.0 Å². The van der Waals surface area contributed by atoms with Gasteiger partial charge in [0.05, 0.1) is 17.3 Å². The highest BCUT2D eigenvalue weighted by atomic mass is 32.2. The second kappa shape index (κ2) is 7.65. The fourth-order valence-corrected chi connectivity index (χ4v) is 5.01. The number of aromatic nitrogens is 2. The van der Waals surface area contributed by atoms with Crippen molar-refractivity contribution in [3.8, 4) is 5.69 Å². The summed E-state index contributed by atoms with van der Waals surface area (Å²) >= 11 is 1.80. The summed E-state index contributed by atoms with van der Waals surface area (Å²) in [7, 11) is 0. The van der Waals surface area contributed by atoms with Crippen LogP contribution >= 0.6 is 11.8 Å². The van der Waals surface area contributed by atoms with Gasteiger partial charge in [0.2, 0.25) is 11.8 Å². The molecule has 30 heavy (non-hydrogen) atoms. The number of anilines is 2. The topological polar surface area (TPSA) is 67.2 Å². The molecule has 2 aromatic carbocycles. The highest BCUT2D eigenvalue weighted by molar-refractivity contribution is 7.98. The van der Waals surface area contributed by atoms with Gasteiger partial charge in [0.25, 0.3) is 0 Å². The Balaban J connectivity index is 1.40. The van der Waals surface area contributed by atoms with E-state index in [-0.39, 0.29) is 24.2 Å². The molecule has 1 unspecified atom stereocenters. The zero-order chi connectivity index (χ0) is 20.7. The number of rotatable bonds is 4. The first-order chi connectivity index (χ1) is 14.6. The van der Waals surface area contributed by atoms with Crippen molar-refractivity contribution in [1.29, 1.82) is 0 Å². The predicted octanol–water partition coefficient (Wildman–Crippen LogP) is 3.92. The molecule has 1 saturated heterocycles. The summed E-state index contributed by atoms with van der Waals surface area (Å²) in [6.07, 6.45) is 0.219. The molecule has 0 radical (unpaired) electrons. The van der Waals surface area contributed by atoms with Crippen LogP contribution in [0.2, 0.25) is 0 Å². The lowest BCUT2D eigenvalue weighted by molar-refractivity contribution is -0.122. The highest BCUT2D eigenvalue weighted by Gasteiger charge is 2.36. The van der Waals surface area contributed by atoms with Crippen molar-refractivity contribution in [1.82, 2.24) is 9.78 Å². The normalized spacial score (nSPS) is 18.0. The summed E-state index contributed by atoms with van der Waals surface area (Å²) < 4.78 is 1.83. The number of hydrogen-bond donors (Lipinski definition) is 1. The van der Waals surface area contributed by atoms with E-state index in [9.17, 15) is 9.59 Å². The number of aryl methyl sites for hydroxylation is 1. The van der Waals surface area contributed by atoms with Crippen molar-refractivity contribution in [2.24, 2.45) is 5.92 Å². The van der Waals surface area contributed by atoms with Crippen LogP contribution < -0.4 is 10.2 Å². The van der Waals surface area contributed by atoms with Gasteiger partial charge < -0.3 is 10.2 Å². The first-order valence-electron chi connectivity index (χ1n) is 10.0. The van der Waals surface area contributed by atoms with Crippen molar-refractivity contribution in [2.45, 2.75) is 24.9 Å². The third-order valence-electron chi connectivity index (χ3n) is 5.64. The Morgan fingerprint density at radius 2 is 1.83 bits per heavy atom. The molecule has 1 N–H and O–H groups in total. The van der Waals surface area contributed by atoms with E-state index in [2.05, 4.69) is 5.32 Å². The van der Waals surface area contributed by atoms with Gasteiger partial charge in [-0.1, -0.05) is 35.9 Å². The van der Waals surface area contributed by atoms with Gasteiger partial charge >= 0.3 is 0 Å². The third kappa shape index (κ3) is 3.39. The van der Waals surface area contributed by atoms with Crippen LogP contribution in [0.15, 0.2) is 54.6 Å². The Morgan fingerprint density at radius 1 is 1.07 bits per heavy atom. The average Bonchev–Trinajstić information content (AvgIpc) is 3.45. The molecule has 0 aliphatic carbocycles. The molecule has 152 valence electrons. The predicted molar refractivity (Wildman–Crippen MR) is 119 cm³/mol. The Kier molecular flexibility index (Phi) is 4.83. The molecule has 2 amide bonds. The summed E-state index contributed by atoms with van der Waals surface area (Å²) in [5.41, 5.74) is 5.02. The molecular weight excluding hydrogens is 396 g/mol. The van der Waals surface area contributed by atoms with Crippen LogP contribution in [-0.2, 0) is 21.1 Å². The number of hydrogen-bond acceptors (Lipinski definition) is 4. The van der Waals surface area contributed by atoms with E-state index in [1.165, 1.54) is 5.56 Å². The lowest BCUT2D eigenvalue weighted by Crippen LogP contribution is -2.28. The molecule has 1 atom stereocenters. The Labute approximate surface area is 179 Å². The Bertz CT molecular complexity index is 1110. The summed E-state index contributed by atoms with van der Waals surface area (Å²) in [6, 6.07) is 17.6. The lowest BCUT2D eigenvalue weighted by atomic mass is 10.1. The van der Waals surface area contributed by atoms with E-state index >= 15 is 0 Å². The van der Waals surface area contributed by atoms with Crippen LogP contribution in [0.25, 0.3) is 5.69 Å². The van der Waals surface area contributed by atoms with Crippen molar-refractivity contribution in [2.75, 3.05) is 16.8 Å². The minimum Gasteiger partial charge on any atom is -0.312 e. The SMILES string of the molecule is Cc1ccc(-n2nc3c(c2NC(=O)C2CC(=O)N(c4ccccc4)C2)CSC3)cc1. The largest absolute Gasteiger partial charge is 0.312 e. The molecule has 2 aliphatic rings. The van der Waals surface area contributed by atoms with E-state index in [4.69, 9.17) is 5.10 Å². The van der Waals surface area contributed by atoms with Crippen molar-refractivity contribution < 1.29 is 9.59 Å². The number of nitrogens with zero attached hydrogens (tertiary/aromatic N) is 3. The van der Waals surface area contributed by atoms with Gasteiger partial charge in [-0.15, -0.1) is 0 Å². The van der Waals surface area contributed by atoms with Crippen molar-refractivity contribution >= 4 is 35.1 Å². The van der Waals surface area contributed by atoms with Gasteiger partial charge in [0.15, 0.2) is 0 Å². The summed E-state index contributed by atoms with van der Waals surface area (Å²) in [5.74, 6) is 1.87. The van der Waals surface area contributed by atoms with E-state index in [0.29, 0.717) is 6.54 Å². The fourth-order valence-electron chi connectivity index (χ4n) is 3.97. The van der Waals surface area contributed by atoms with Gasteiger partial charge in [0.1, 0.15) is 5.82 Å². The molecule has 0 spiro atoms. The number of carbonyl (C=O) groups excluding carboxylic acids is 2. The number of fused-ring (bicyclic) bond motifs is 1. The molecule has 0 bridgehead atoms. The molecule has 2 aliphatic heterocycles. The second-order valence-electron chi connectivity index (χ2n) is 7.74. The Hall–Kier alpha value is -3.06. The van der Waals surface area contributed by atoms with E-state index in [1.54, 1.807) is 16.7 Å². The van der Waals surface area contributed by atoms with E-state index in [1.807, 2.05) is 66.2 Å². The molecule has 3 aromatic rings. The number of carbonyl (C=O) groups is 2. The molecule has 3 heterocycles. The van der Waals surface area contributed by atoms with Gasteiger partial charge in [-0.3, -0.25) is 9.59 Å². The second-order valence-corrected chi connectivity index (χ2v) is 8.73. The van der Waals surface area contributed by atoms with Crippen molar-refractivity contribution in [3.05, 3.63) is 71.4 Å².